The normalized spacial score (nSPS) is 11.7. The summed E-state index contributed by atoms with van der Waals surface area (Å²) in [5.74, 6) is 0. The van der Waals surface area contributed by atoms with Crippen LogP contribution < -0.4 is 0 Å². The molecule has 8 aromatic rings. The number of hydrogen-bond donors (Lipinski definition) is 1. The molecule has 0 radical (unpaired) electrons. The van der Waals surface area contributed by atoms with Crippen molar-refractivity contribution < 1.29 is 0 Å². The number of rotatable bonds is 3. The van der Waals surface area contributed by atoms with Crippen molar-refractivity contribution in [3.63, 3.8) is 0 Å². The van der Waals surface area contributed by atoms with Crippen molar-refractivity contribution in [3.8, 4) is 33.4 Å². The smallest absolute Gasteiger partial charge is 0.0544 e. The van der Waals surface area contributed by atoms with Crippen LogP contribution in [0.25, 0.3) is 75.4 Å². The lowest BCUT2D eigenvalue weighted by Gasteiger charge is -2.13. The fourth-order valence-electron chi connectivity index (χ4n) is 5.86. The van der Waals surface area contributed by atoms with Crippen LogP contribution in [0.1, 0.15) is 0 Å². The highest BCUT2D eigenvalue weighted by molar-refractivity contribution is 7.25. The molecule has 0 aliphatic carbocycles. The average molecular weight is 502 g/mol. The van der Waals surface area contributed by atoms with E-state index in [1.54, 1.807) is 0 Å². The quantitative estimate of drug-likeness (QED) is 0.248. The lowest BCUT2D eigenvalue weighted by Crippen LogP contribution is -1.88. The molecule has 0 atom stereocenters. The van der Waals surface area contributed by atoms with Gasteiger partial charge >= 0.3 is 0 Å². The number of nitrogens with one attached hydrogen (secondary N) is 1. The number of aromatic nitrogens is 1. The maximum absolute atomic E-state index is 3.71. The summed E-state index contributed by atoms with van der Waals surface area (Å²) in [5.41, 5.74) is 9.76. The number of fused-ring (bicyclic) bond motifs is 6. The van der Waals surface area contributed by atoms with Gasteiger partial charge in [0, 0.05) is 42.0 Å². The molecule has 0 saturated heterocycles. The largest absolute Gasteiger partial charge is 0.354 e. The molecular formula is C36H23NS. The standard InChI is InChI=1S/C36H23NS/c1-2-10-23(11-3-1)24-20-25(27-14-9-19-34-35(27)31-13-5-7-18-33(31)38-34)22-26(21-24)28-15-8-16-30-29-12-4-6-17-32(29)37-36(28)30/h1-22,37H. The summed E-state index contributed by atoms with van der Waals surface area (Å²) >= 11 is 1.87. The SMILES string of the molecule is c1ccc(-c2cc(-c3cccc4c3[nH]c3ccccc34)cc(-c3cccc4sc5ccccc5c34)c2)cc1. The zero-order chi connectivity index (χ0) is 25.1. The van der Waals surface area contributed by atoms with Gasteiger partial charge in [0.15, 0.2) is 0 Å². The van der Waals surface area contributed by atoms with Gasteiger partial charge in [-0.1, -0.05) is 97.1 Å². The van der Waals surface area contributed by atoms with Crippen molar-refractivity contribution in [3.05, 3.63) is 133 Å². The van der Waals surface area contributed by atoms with Crippen LogP contribution in [-0.4, -0.2) is 4.98 Å². The number of para-hydroxylation sites is 2. The molecule has 0 bridgehead atoms. The van der Waals surface area contributed by atoms with E-state index in [0.29, 0.717) is 0 Å². The molecule has 178 valence electrons. The number of hydrogen-bond acceptors (Lipinski definition) is 1. The fraction of sp³-hybridized carbons (Fsp3) is 0. The van der Waals surface area contributed by atoms with Gasteiger partial charge < -0.3 is 4.98 Å². The Hall–Kier alpha value is -4.66. The molecule has 2 heteroatoms. The van der Waals surface area contributed by atoms with Crippen LogP contribution in [0.3, 0.4) is 0 Å². The van der Waals surface area contributed by atoms with Gasteiger partial charge in [0.2, 0.25) is 0 Å². The third-order valence-corrected chi connectivity index (χ3v) is 8.74. The Balaban J connectivity index is 1.44. The van der Waals surface area contributed by atoms with Crippen LogP contribution in [0, 0.1) is 0 Å². The molecule has 0 aliphatic rings. The van der Waals surface area contributed by atoms with Crippen molar-refractivity contribution in [1.29, 1.82) is 0 Å². The van der Waals surface area contributed by atoms with Crippen LogP contribution in [0.2, 0.25) is 0 Å². The van der Waals surface area contributed by atoms with Gasteiger partial charge in [-0.15, -0.1) is 11.3 Å². The Morgan fingerprint density at radius 3 is 1.95 bits per heavy atom. The van der Waals surface area contributed by atoms with Crippen LogP contribution in [-0.2, 0) is 0 Å². The van der Waals surface area contributed by atoms with Crippen LogP contribution in [0.15, 0.2) is 133 Å². The Morgan fingerprint density at radius 2 is 1.05 bits per heavy atom. The summed E-state index contributed by atoms with van der Waals surface area (Å²) in [6, 6.07) is 48.5. The molecule has 0 unspecified atom stereocenters. The van der Waals surface area contributed by atoms with Crippen molar-refractivity contribution >= 4 is 53.3 Å². The van der Waals surface area contributed by atoms with Crippen molar-refractivity contribution in [2.45, 2.75) is 0 Å². The first-order valence-electron chi connectivity index (χ1n) is 12.9. The van der Waals surface area contributed by atoms with Gasteiger partial charge in [0.25, 0.3) is 0 Å². The highest BCUT2D eigenvalue weighted by atomic mass is 32.1. The molecule has 8 rings (SSSR count). The maximum atomic E-state index is 3.71. The summed E-state index contributed by atoms with van der Waals surface area (Å²) in [4.78, 5) is 3.71. The monoisotopic (exact) mass is 501 g/mol. The molecule has 38 heavy (non-hydrogen) atoms. The van der Waals surface area contributed by atoms with Gasteiger partial charge in [-0.3, -0.25) is 0 Å². The fourth-order valence-corrected chi connectivity index (χ4v) is 7.00. The molecule has 0 fully saturated rings. The van der Waals surface area contributed by atoms with Crippen molar-refractivity contribution in [2.24, 2.45) is 0 Å². The third-order valence-electron chi connectivity index (χ3n) is 7.61. The Labute approximate surface area is 224 Å². The Bertz CT molecular complexity index is 2130. The Morgan fingerprint density at radius 1 is 0.421 bits per heavy atom. The predicted octanol–water partition coefficient (Wildman–Crippen LogP) is 10.7. The average Bonchev–Trinajstić information content (AvgIpc) is 3.56. The molecule has 0 spiro atoms. The maximum Gasteiger partial charge on any atom is 0.0544 e. The van der Waals surface area contributed by atoms with E-state index in [9.17, 15) is 0 Å². The minimum absolute atomic E-state index is 1.17. The van der Waals surface area contributed by atoms with E-state index in [2.05, 4.69) is 138 Å². The zero-order valence-corrected chi connectivity index (χ0v) is 21.4. The van der Waals surface area contributed by atoms with Crippen molar-refractivity contribution in [1.82, 2.24) is 4.98 Å². The van der Waals surface area contributed by atoms with Gasteiger partial charge in [-0.2, -0.15) is 0 Å². The van der Waals surface area contributed by atoms with Crippen molar-refractivity contribution in [2.75, 3.05) is 0 Å². The summed E-state index contributed by atoms with van der Waals surface area (Å²) in [6.07, 6.45) is 0. The molecule has 1 nitrogen and oxygen atoms in total. The highest BCUT2D eigenvalue weighted by Crippen LogP contribution is 2.43. The summed E-state index contributed by atoms with van der Waals surface area (Å²) in [6.45, 7) is 0. The molecule has 6 aromatic carbocycles. The van der Waals surface area contributed by atoms with Gasteiger partial charge in [-0.05, 0) is 64.2 Å². The lowest BCUT2D eigenvalue weighted by molar-refractivity contribution is 1.53. The zero-order valence-electron chi connectivity index (χ0n) is 20.6. The van der Waals surface area contributed by atoms with E-state index in [4.69, 9.17) is 0 Å². The summed E-state index contributed by atoms with van der Waals surface area (Å²) in [5, 5.41) is 5.19. The second kappa shape index (κ2) is 8.44. The molecule has 1 N–H and O–H groups in total. The van der Waals surface area contributed by atoms with E-state index < -0.39 is 0 Å². The third kappa shape index (κ3) is 3.31. The number of H-pyrrole nitrogens is 1. The van der Waals surface area contributed by atoms with Gasteiger partial charge in [-0.25, -0.2) is 0 Å². The first-order valence-corrected chi connectivity index (χ1v) is 13.8. The molecule has 2 heterocycles. The van der Waals surface area contributed by atoms with Crippen LogP contribution in [0.4, 0.5) is 0 Å². The van der Waals surface area contributed by atoms with E-state index >= 15 is 0 Å². The van der Waals surface area contributed by atoms with E-state index in [-0.39, 0.29) is 0 Å². The molecule has 0 aliphatic heterocycles. The Kier molecular flexibility index (Phi) is 4.76. The lowest BCUT2D eigenvalue weighted by atomic mass is 9.91. The molecular weight excluding hydrogens is 478 g/mol. The predicted molar refractivity (Wildman–Crippen MR) is 165 cm³/mol. The van der Waals surface area contributed by atoms with Crippen LogP contribution in [0.5, 0.6) is 0 Å². The molecule has 2 aromatic heterocycles. The summed E-state index contributed by atoms with van der Waals surface area (Å²) in [7, 11) is 0. The number of benzene rings is 6. The first kappa shape index (κ1) is 21.4. The first-order chi connectivity index (χ1) is 18.8. The summed E-state index contributed by atoms with van der Waals surface area (Å²) < 4.78 is 2.66. The number of aromatic amines is 1. The second-order valence-electron chi connectivity index (χ2n) is 9.84. The molecule has 0 amide bonds. The van der Waals surface area contributed by atoms with E-state index in [1.807, 2.05) is 11.3 Å². The number of thiophene rings is 1. The minimum Gasteiger partial charge on any atom is -0.354 e. The van der Waals surface area contributed by atoms with E-state index in [1.165, 1.54) is 75.4 Å². The van der Waals surface area contributed by atoms with Gasteiger partial charge in [0.05, 0.1) is 5.52 Å². The van der Waals surface area contributed by atoms with E-state index in [0.717, 1.165) is 0 Å². The topological polar surface area (TPSA) is 15.8 Å². The second-order valence-corrected chi connectivity index (χ2v) is 10.9. The minimum atomic E-state index is 1.17. The van der Waals surface area contributed by atoms with Crippen LogP contribution >= 0.6 is 11.3 Å². The van der Waals surface area contributed by atoms with Gasteiger partial charge in [0.1, 0.15) is 0 Å². The molecule has 0 saturated carbocycles. The highest BCUT2D eigenvalue weighted by Gasteiger charge is 2.15.